The molecule has 2 fully saturated rings. The quantitative estimate of drug-likeness (QED) is 0.0383. The first kappa shape index (κ1) is 43.9. The molecule has 2 amide bonds. The van der Waals surface area contributed by atoms with Crippen molar-refractivity contribution in [3.05, 3.63) is 0 Å². The molecule has 0 spiro atoms. The number of hydrogen-bond acceptors (Lipinski definition) is 20. The Hall–Kier alpha value is -2.22. The molecule has 2 aliphatic heterocycles. The molecular weight excluding hydrogens is 716 g/mol. The summed E-state index contributed by atoms with van der Waals surface area (Å²) >= 11 is 0. The van der Waals surface area contributed by atoms with E-state index < -0.39 is 122 Å². The summed E-state index contributed by atoms with van der Waals surface area (Å²) in [5.74, 6) is -2.51. The van der Waals surface area contributed by atoms with E-state index in [4.69, 9.17) is 28.4 Å². The second kappa shape index (κ2) is 19.0. The van der Waals surface area contributed by atoms with Gasteiger partial charge in [-0.3, -0.25) is 0 Å². The van der Waals surface area contributed by atoms with E-state index in [2.05, 4.69) is 10.6 Å². The summed E-state index contributed by atoms with van der Waals surface area (Å²) < 4.78 is 30.7. The SMILES string of the molecule is CC(C)(C)OC(=O)NC(CSSCC(NC(=O)OC(C)(C)C)C(=O)OCC1OC(O)C(O)C(O)C1O)C(=O)OCC1OC(O)C(O)C(O)C1O. The number of alkyl carbamates (subject to hydrolysis) is 2. The largest absolute Gasteiger partial charge is 0.461 e. The van der Waals surface area contributed by atoms with Gasteiger partial charge in [-0.05, 0) is 41.5 Å². The van der Waals surface area contributed by atoms with Gasteiger partial charge in [0.1, 0.15) is 85.3 Å². The maximum Gasteiger partial charge on any atom is 0.408 e. The monoisotopic (exact) mass is 764 g/mol. The molecular formula is C28H48N2O18S2. The van der Waals surface area contributed by atoms with E-state index in [9.17, 15) is 60.0 Å². The Balaban J connectivity index is 2.08. The summed E-state index contributed by atoms with van der Waals surface area (Å²) in [4.78, 5) is 51.0. The third kappa shape index (κ3) is 14.1. The third-order valence-corrected chi connectivity index (χ3v) is 9.08. The van der Waals surface area contributed by atoms with Crippen molar-refractivity contribution in [1.29, 1.82) is 0 Å². The second-order valence-electron chi connectivity index (χ2n) is 13.3. The number of hydrogen-bond donors (Lipinski definition) is 10. The van der Waals surface area contributed by atoms with E-state index in [-0.39, 0.29) is 11.5 Å². The fourth-order valence-electron chi connectivity index (χ4n) is 4.14. The highest BCUT2D eigenvalue weighted by atomic mass is 33.1. The van der Waals surface area contributed by atoms with Crippen molar-refractivity contribution in [2.45, 2.75) is 126 Å². The highest BCUT2D eigenvalue weighted by Gasteiger charge is 2.45. The topological polar surface area (TPSA) is 310 Å². The molecule has 20 nitrogen and oxygen atoms in total. The van der Waals surface area contributed by atoms with E-state index in [0.717, 1.165) is 21.6 Å². The molecule has 22 heteroatoms. The zero-order chi connectivity index (χ0) is 38.1. The molecule has 12 unspecified atom stereocenters. The molecule has 0 aromatic heterocycles. The maximum atomic E-state index is 13.0. The lowest BCUT2D eigenvalue weighted by molar-refractivity contribution is -0.287. The lowest BCUT2D eigenvalue weighted by Crippen LogP contribution is -2.59. The van der Waals surface area contributed by atoms with Crippen LogP contribution < -0.4 is 10.6 Å². The van der Waals surface area contributed by atoms with Gasteiger partial charge < -0.3 is 79.9 Å². The summed E-state index contributed by atoms with van der Waals surface area (Å²) in [6.45, 7) is 8.14. The molecule has 2 aliphatic rings. The number of nitrogens with one attached hydrogen (secondary N) is 2. The van der Waals surface area contributed by atoms with E-state index in [1.165, 1.54) is 0 Å². The van der Waals surface area contributed by atoms with Crippen LogP contribution in [-0.2, 0) is 38.0 Å². The molecule has 0 radical (unpaired) electrons. The molecule has 2 saturated heterocycles. The van der Waals surface area contributed by atoms with Crippen molar-refractivity contribution in [2.75, 3.05) is 24.7 Å². The first-order chi connectivity index (χ1) is 23.0. The number of ether oxygens (including phenoxy) is 6. The van der Waals surface area contributed by atoms with Gasteiger partial charge in [-0.2, -0.15) is 0 Å². The number of aliphatic hydroxyl groups is 8. The molecule has 0 aromatic rings. The van der Waals surface area contributed by atoms with Crippen LogP contribution in [-0.4, -0.2) is 174 Å². The molecule has 12 atom stereocenters. The van der Waals surface area contributed by atoms with Gasteiger partial charge in [0.25, 0.3) is 0 Å². The Bertz CT molecular complexity index is 1050. The van der Waals surface area contributed by atoms with Crippen LogP contribution in [0.1, 0.15) is 41.5 Å². The van der Waals surface area contributed by atoms with Crippen molar-refractivity contribution in [3.8, 4) is 0 Å². The van der Waals surface area contributed by atoms with Crippen LogP contribution in [0.3, 0.4) is 0 Å². The van der Waals surface area contributed by atoms with Gasteiger partial charge in [0.15, 0.2) is 12.6 Å². The highest BCUT2D eigenvalue weighted by molar-refractivity contribution is 8.76. The average molecular weight is 765 g/mol. The van der Waals surface area contributed by atoms with Crippen LogP contribution in [0.2, 0.25) is 0 Å². The van der Waals surface area contributed by atoms with Crippen LogP contribution in [0, 0.1) is 0 Å². The van der Waals surface area contributed by atoms with Crippen molar-refractivity contribution >= 4 is 45.7 Å². The van der Waals surface area contributed by atoms with Crippen LogP contribution in [0.5, 0.6) is 0 Å². The van der Waals surface area contributed by atoms with Crippen molar-refractivity contribution in [1.82, 2.24) is 10.6 Å². The summed E-state index contributed by atoms with van der Waals surface area (Å²) in [7, 11) is 1.88. The molecule has 2 heterocycles. The first-order valence-corrected chi connectivity index (χ1v) is 17.8. The zero-order valence-electron chi connectivity index (χ0n) is 28.2. The fraction of sp³-hybridized carbons (Fsp3) is 0.857. The van der Waals surface area contributed by atoms with Crippen molar-refractivity contribution in [3.63, 3.8) is 0 Å². The molecule has 0 aromatic carbocycles. The molecule has 0 aliphatic carbocycles. The number of carbonyl (C=O) groups is 4. The maximum absolute atomic E-state index is 13.0. The normalized spacial score (nSPS) is 31.5. The average Bonchev–Trinajstić information content (AvgIpc) is 2.99. The van der Waals surface area contributed by atoms with Gasteiger partial charge in [0, 0.05) is 11.5 Å². The van der Waals surface area contributed by atoms with Crippen LogP contribution in [0.25, 0.3) is 0 Å². The van der Waals surface area contributed by atoms with Crippen molar-refractivity contribution in [2.24, 2.45) is 0 Å². The minimum Gasteiger partial charge on any atom is -0.461 e. The first-order valence-electron chi connectivity index (χ1n) is 15.3. The summed E-state index contributed by atoms with van der Waals surface area (Å²) in [6, 6.07) is -2.79. The second-order valence-corrected chi connectivity index (χ2v) is 15.9. The van der Waals surface area contributed by atoms with E-state index >= 15 is 0 Å². The predicted molar refractivity (Wildman–Crippen MR) is 171 cm³/mol. The van der Waals surface area contributed by atoms with E-state index in [0.29, 0.717) is 0 Å². The van der Waals surface area contributed by atoms with Gasteiger partial charge in [-0.15, -0.1) is 0 Å². The Labute approximate surface area is 295 Å². The molecule has 290 valence electrons. The smallest absolute Gasteiger partial charge is 0.408 e. The molecule has 0 bridgehead atoms. The number of amides is 2. The minimum absolute atomic E-state index is 0.213. The molecule has 2 rings (SSSR count). The van der Waals surface area contributed by atoms with Gasteiger partial charge in [0.05, 0.1) is 0 Å². The summed E-state index contributed by atoms with van der Waals surface area (Å²) in [5, 5.41) is 83.5. The summed E-state index contributed by atoms with van der Waals surface area (Å²) in [5.41, 5.74) is -1.88. The summed E-state index contributed by atoms with van der Waals surface area (Å²) in [6.07, 6.45) is -19.3. The minimum atomic E-state index is -1.87. The number of rotatable bonds is 13. The number of aliphatic hydroxyl groups excluding tert-OH is 8. The molecule has 0 saturated carbocycles. The molecule has 50 heavy (non-hydrogen) atoms. The number of esters is 2. The standard InChI is InChI=1S/C28H48N2O18S2/c1-27(2,3)47-25(41)29-11(21(37)43-7-13-15(31)17(33)19(35)23(39)45-13)9-49-50-10-12(30-26(42)48-28(4,5)6)22(38)44-8-14-16(32)18(34)20(36)24(40)46-14/h11-20,23-24,31-36,39-40H,7-10H2,1-6H3,(H,29,41)(H,30,42). The Morgan fingerprint density at radius 1 is 0.580 bits per heavy atom. The van der Waals surface area contributed by atoms with Gasteiger partial charge in [-0.25, -0.2) is 19.2 Å². The highest BCUT2D eigenvalue weighted by Crippen LogP contribution is 2.26. The van der Waals surface area contributed by atoms with Crippen molar-refractivity contribution < 1.29 is 88.5 Å². The van der Waals surface area contributed by atoms with Gasteiger partial charge >= 0.3 is 24.1 Å². The van der Waals surface area contributed by atoms with E-state index in [1.54, 1.807) is 41.5 Å². The van der Waals surface area contributed by atoms with Gasteiger partial charge in [0.2, 0.25) is 0 Å². The van der Waals surface area contributed by atoms with Gasteiger partial charge in [-0.1, -0.05) is 21.6 Å². The predicted octanol–water partition coefficient (Wildman–Crippen LogP) is -3.16. The Morgan fingerprint density at radius 3 is 1.20 bits per heavy atom. The van der Waals surface area contributed by atoms with E-state index in [1.807, 2.05) is 0 Å². The lowest BCUT2D eigenvalue weighted by atomic mass is 9.99. The van der Waals surface area contributed by atoms with Crippen LogP contribution >= 0.6 is 21.6 Å². The lowest BCUT2D eigenvalue weighted by Gasteiger charge is -2.38. The molecule has 10 N–H and O–H groups in total. The third-order valence-electron chi connectivity index (χ3n) is 6.66. The Kier molecular flexibility index (Phi) is 16.7. The van der Waals surface area contributed by atoms with Crippen LogP contribution in [0.4, 0.5) is 9.59 Å². The number of carbonyl (C=O) groups excluding carboxylic acids is 4. The van der Waals surface area contributed by atoms with Crippen LogP contribution in [0.15, 0.2) is 0 Å². The zero-order valence-corrected chi connectivity index (χ0v) is 29.9. The fourth-order valence-corrected chi connectivity index (χ4v) is 6.43. The Morgan fingerprint density at radius 2 is 0.900 bits per heavy atom.